The van der Waals surface area contributed by atoms with Gasteiger partial charge < -0.3 is 15.0 Å². The molecular weight excluding hydrogens is 404 g/mol. The number of pyridine rings is 1. The zero-order valence-electron chi connectivity index (χ0n) is 18.1. The summed E-state index contributed by atoms with van der Waals surface area (Å²) in [6, 6.07) is 12.6. The second-order valence-corrected chi connectivity index (χ2v) is 8.66. The smallest absolute Gasteiger partial charge is 0.261 e. The van der Waals surface area contributed by atoms with Gasteiger partial charge in [-0.15, -0.1) is 0 Å². The molecule has 1 aliphatic heterocycles. The van der Waals surface area contributed by atoms with Crippen molar-refractivity contribution in [2.45, 2.75) is 38.3 Å². The summed E-state index contributed by atoms with van der Waals surface area (Å²) in [7, 11) is 0. The monoisotopic (exact) mass is 432 g/mol. The normalized spacial score (nSPS) is 22.0. The second-order valence-electron chi connectivity index (χ2n) is 8.66. The van der Waals surface area contributed by atoms with Crippen molar-refractivity contribution in [1.82, 2.24) is 19.7 Å². The summed E-state index contributed by atoms with van der Waals surface area (Å²) in [4.78, 5) is 17.9. The maximum absolute atomic E-state index is 12.7. The highest BCUT2D eigenvalue weighted by Gasteiger charge is 2.29. The highest BCUT2D eigenvalue weighted by molar-refractivity contribution is 5.91. The second kappa shape index (κ2) is 9.15. The van der Waals surface area contributed by atoms with Gasteiger partial charge in [0, 0.05) is 31.5 Å². The number of benzene rings is 1. The Morgan fingerprint density at radius 1 is 1.22 bits per heavy atom. The summed E-state index contributed by atoms with van der Waals surface area (Å²) in [5, 5.41) is 18.4. The Morgan fingerprint density at radius 2 is 2.06 bits per heavy atom. The first-order chi connectivity index (χ1) is 15.7. The van der Waals surface area contributed by atoms with E-state index in [1.807, 2.05) is 22.9 Å². The third-order valence-electron chi connectivity index (χ3n) is 6.54. The van der Waals surface area contributed by atoms with Gasteiger partial charge in [0.2, 0.25) is 0 Å². The summed E-state index contributed by atoms with van der Waals surface area (Å²) in [5.74, 6) is 0.448. The molecule has 0 bridgehead atoms. The van der Waals surface area contributed by atoms with E-state index in [0.29, 0.717) is 11.2 Å². The van der Waals surface area contributed by atoms with E-state index in [4.69, 9.17) is 9.84 Å². The number of nitriles is 1. The predicted molar refractivity (Wildman–Crippen MR) is 123 cm³/mol. The largest absolute Gasteiger partial charge is 0.379 e. The quantitative estimate of drug-likeness (QED) is 0.640. The molecule has 8 nitrogen and oxygen atoms in total. The maximum atomic E-state index is 12.7. The molecule has 1 saturated carbocycles. The first-order valence-electron chi connectivity index (χ1n) is 11.4. The molecule has 2 aliphatic rings. The minimum absolute atomic E-state index is 0.0127. The number of fused-ring (bicyclic) bond motifs is 1. The van der Waals surface area contributed by atoms with Gasteiger partial charge in [-0.1, -0.05) is 25.0 Å². The van der Waals surface area contributed by atoms with Gasteiger partial charge in [0.15, 0.2) is 5.82 Å². The number of morpholine rings is 1. The van der Waals surface area contributed by atoms with Gasteiger partial charge in [-0.05, 0) is 36.6 Å². The molecule has 2 unspecified atom stereocenters. The van der Waals surface area contributed by atoms with E-state index < -0.39 is 0 Å². The average molecular weight is 433 g/mol. The van der Waals surface area contributed by atoms with E-state index in [1.165, 1.54) is 5.56 Å². The molecule has 5 rings (SSSR count). The van der Waals surface area contributed by atoms with E-state index in [2.05, 4.69) is 33.4 Å². The fraction of sp³-hybridized carbons (Fsp3) is 0.458. The lowest BCUT2D eigenvalue weighted by molar-refractivity contribution is 0.0342. The Bertz CT molecular complexity index is 1190. The lowest BCUT2D eigenvalue weighted by atomic mass is 9.85. The fourth-order valence-corrected chi connectivity index (χ4v) is 4.90. The van der Waals surface area contributed by atoms with Crippen LogP contribution in [-0.4, -0.2) is 46.0 Å². The Morgan fingerprint density at radius 3 is 2.91 bits per heavy atom. The molecule has 3 aromatic rings. The molecule has 0 amide bonds. The van der Waals surface area contributed by atoms with E-state index >= 15 is 0 Å². The van der Waals surface area contributed by atoms with Crippen LogP contribution in [0.25, 0.3) is 10.9 Å². The van der Waals surface area contributed by atoms with Crippen LogP contribution >= 0.6 is 0 Å². The van der Waals surface area contributed by atoms with E-state index in [0.717, 1.165) is 69.7 Å². The zero-order chi connectivity index (χ0) is 21.9. The van der Waals surface area contributed by atoms with E-state index in [-0.39, 0.29) is 17.5 Å². The van der Waals surface area contributed by atoms with Crippen molar-refractivity contribution in [2.75, 3.05) is 31.6 Å². The number of aromatic amines is 1. The molecule has 8 heteroatoms. The number of H-pyrrole nitrogens is 1. The number of aromatic nitrogens is 3. The molecule has 2 N–H and O–H groups in total. The summed E-state index contributed by atoms with van der Waals surface area (Å²) in [6.45, 7) is 4.28. The number of nitrogens with one attached hydrogen (secondary N) is 2. The summed E-state index contributed by atoms with van der Waals surface area (Å²) < 4.78 is 7.34. The van der Waals surface area contributed by atoms with Crippen molar-refractivity contribution >= 4 is 22.4 Å². The van der Waals surface area contributed by atoms with Gasteiger partial charge in [0.1, 0.15) is 5.39 Å². The lowest BCUT2D eigenvalue weighted by Gasteiger charge is -2.27. The Hall–Kier alpha value is -3.15. The standard InChI is InChI=1S/C24H28N6O2/c25-15-18-5-1-2-7-20(18)30-21-8-9-26-24(31)22(21)23(28-30)27-19-6-3-4-17(14-19)16-29-10-12-32-13-11-29/h3-4,6,8-9,14,18,20H,1-2,5,7,10-13,16H2,(H,26,31)(H,27,28). The lowest BCUT2D eigenvalue weighted by Crippen LogP contribution is -2.35. The number of hydrogen-bond donors (Lipinski definition) is 2. The first-order valence-corrected chi connectivity index (χ1v) is 11.4. The van der Waals surface area contributed by atoms with Crippen molar-refractivity contribution < 1.29 is 4.74 Å². The van der Waals surface area contributed by atoms with Crippen LogP contribution in [0.15, 0.2) is 41.3 Å². The van der Waals surface area contributed by atoms with Gasteiger partial charge in [0.05, 0.1) is 36.8 Å². The maximum Gasteiger partial charge on any atom is 0.261 e. The highest BCUT2D eigenvalue weighted by Crippen LogP contribution is 2.36. The number of hydrogen-bond acceptors (Lipinski definition) is 6. The van der Waals surface area contributed by atoms with E-state index in [1.54, 1.807) is 6.20 Å². The molecule has 1 saturated heterocycles. The Kier molecular flexibility index (Phi) is 5.93. The molecule has 32 heavy (non-hydrogen) atoms. The van der Waals surface area contributed by atoms with Crippen molar-refractivity contribution in [3.8, 4) is 6.07 Å². The topological polar surface area (TPSA) is 99.0 Å². The first kappa shape index (κ1) is 20.7. The van der Waals surface area contributed by atoms with Crippen LogP contribution in [0.3, 0.4) is 0 Å². The minimum atomic E-state index is -0.176. The van der Waals surface area contributed by atoms with Gasteiger partial charge in [-0.3, -0.25) is 14.4 Å². The molecule has 1 aliphatic carbocycles. The summed E-state index contributed by atoms with van der Waals surface area (Å²) in [6.07, 6.45) is 5.56. The average Bonchev–Trinajstić information content (AvgIpc) is 3.19. The molecule has 0 spiro atoms. The number of rotatable bonds is 5. The van der Waals surface area contributed by atoms with Crippen LogP contribution in [0.2, 0.25) is 0 Å². The molecule has 2 aromatic heterocycles. The summed E-state index contributed by atoms with van der Waals surface area (Å²) in [5.41, 5.74) is 2.69. The van der Waals surface area contributed by atoms with Gasteiger partial charge in [-0.2, -0.15) is 10.4 Å². The predicted octanol–water partition coefficient (Wildman–Crippen LogP) is 3.56. The number of nitrogens with zero attached hydrogens (tertiary/aromatic N) is 4. The SMILES string of the molecule is N#CC1CCCCC1n1nc(Nc2cccc(CN3CCOCC3)c2)c2c(=O)[nH]ccc21. The van der Waals surface area contributed by atoms with Crippen LogP contribution in [-0.2, 0) is 11.3 Å². The van der Waals surface area contributed by atoms with E-state index in [9.17, 15) is 10.1 Å². The van der Waals surface area contributed by atoms with Crippen LogP contribution in [0.4, 0.5) is 11.5 Å². The van der Waals surface area contributed by atoms with Crippen molar-refractivity contribution in [1.29, 1.82) is 5.26 Å². The van der Waals surface area contributed by atoms with Crippen molar-refractivity contribution in [3.05, 3.63) is 52.4 Å². The number of anilines is 2. The highest BCUT2D eigenvalue weighted by atomic mass is 16.5. The molecule has 2 fully saturated rings. The van der Waals surface area contributed by atoms with Crippen LogP contribution in [0, 0.1) is 17.2 Å². The van der Waals surface area contributed by atoms with Gasteiger partial charge in [-0.25, -0.2) is 0 Å². The Labute approximate surface area is 186 Å². The van der Waals surface area contributed by atoms with Crippen LogP contribution in [0.1, 0.15) is 37.3 Å². The van der Waals surface area contributed by atoms with Crippen LogP contribution in [0.5, 0.6) is 0 Å². The molecule has 2 atom stereocenters. The molecule has 1 aromatic carbocycles. The van der Waals surface area contributed by atoms with Crippen LogP contribution < -0.4 is 10.9 Å². The van der Waals surface area contributed by atoms with Crippen molar-refractivity contribution in [3.63, 3.8) is 0 Å². The molecular formula is C24H28N6O2. The Balaban J connectivity index is 1.46. The molecule has 166 valence electrons. The summed E-state index contributed by atoms with van der Waals surface area (Å²) >= 11 is 0. The zero-order valence-corrected chi connectivity index (χ0v) is 18.1. The third kappa shape index (κ3) is 4.14. The number of ether oxygens (including phenoxy) is 1. The fourth-order valence-electron chi connectivity index (χ4n) is 4.90. The molecule has 3 heterocycles. The van der Waals surface area contributed by atoms with Gasteiger partial charge in [0.25, 0.3) is 5.56 Å². The third-order valence-corrected chi connectivity index (χ3v) is 6.54. The molecule has 0 radical (unpaired) electrons. The minimum Gasteiger partial charge on any atom is -0.379 e. The van der Waals surface area contributed by atoms with Gasteiger partial charge >= 0.3 is 0 Å². The van der Waals surface area contributed by atoms with Crippen molar-refractivity contribution in [2.24, 2.45) is 5.92 Å².